The lowest BCUT2D eigenvalue weighted by Crippen LogP contribution is -2.14. The molecule has 0 aliphatic rings. The van der Waals surface area contributed by atoms with Gasteiger partial charge in [-0.15, -0.1) is 0 Å². The van der Waals surface area contributed by atoms with E-state index in [0.29, 0.717) is 22.8 Å². The summed E-state index contributed by atoms with van der Waals surface area (Å²) in [4.78, 5) is 0.180. The normalized spacial score (nSPS) is 11.4. The van der Waals surface area contributed by atoms with E-state index in [-0.39, 0.29) is 4.90 Å². The Balaban J connectivity index is 2.36. The molecule has 1 aromatic heterocycles. The molecule has 7 heteroatoms. The molecule has 0 radical (unpaired) electrons. The Morgan fingerprint density at radius 3 is 2.33 bits per heavy atom. The number of H-pyrrole nitrogens is 1. The molecule has 0 bridgehead atoms. The summed E-state index contributed by atoms with van der Waals surface area (Å²) in [6.07, 6.45) is 0. The Morgan fingerprint density at radius 1 is 1.22 bits per heavy atom. The highest BCUT2D eigenvalue weighted by Crippen LogP contribution is 2.21. The highest BCUT2D eigenvalue weighted by atomic mass is 32.2. The van der Waals surface area contributed by atoms with Crippen LogP contribution in [0.15, 0.2) is 29.2 Å². The summed E-state index contributed by atoms with van der Waals surface area (Å²) in [5.41, 5.74) is 7.53. The molecule has 0 saturated carbocycles. The molecule has 0 aliphatic carbocycles. The fraction of sp³-hybridized carbons (Fsp3) is 0.182. The fourth-order valence-corrected chi connectivity index (χ4v) is 3.13. The van der Waals surface area contributed by atoms with Crippen LogP contribution < -0.4 is 10.5 Å². The number of aromatic nitrogens is 2. The maximum Gasteiger partial charge on any atom is 0.265 e. The van der Waals surface area contributed by atoms with Crippen LogP contribution in [0.1, 0.15) is 11.4 Å². The molecular formula is C11H14N4O2S. The van der Waals surface area contributed by atoms with Crippen molar-refractivity contribution in [2.24, 2.45) is 0 Å². The van der Waals surface area contributed by atoms with Crippen molar-refractivity contribution >= 4 is 21.4 Å². The van der Waals surface area contributed by atoms with E-state index in [1.54, 1.807) is 38.1 Å². The lowest BCUT2D eigenvalue weighted by Gasteiger charge is -2.08. The number of hydrogen-bond donors (Lipinski definition) is 3. The second-order valence-electron chi connectivity index (χ2n) is 3.99. The van der Waals surface area contributed by atoms with E-state index in [0.717, 1.165) is 0 Å². The van der Waals surface area contributed by atoms with E-state index in [2.05, 4.69) is 14.9 Å². The number of sulfonamides is 1. The van der Waals surface area contributed by atoms with Crippen molar-refractivity contribution in [3.63, 3.8) is 0 Å². The summed E-state index contributed by atoms with van der Waals surface area (Å²) in [6, 6.07) is 6.48. The van der Waals surface area contributed by atoms with Gasteiger partial charge < -0.3 is 5.73 Å². The first-order valence-electron chi connectivity index (χ1n) is 5.30. The molecule has 2 aromatic rings. The Labute approximate surface area is 105 Å². The Morgan fingerprint density at radius 2 is 1.83 bits per heavy atom. The van der Waals surface area contributed by atoms with E-state index in [9.17, 15) is 8.42 Å². The van der Waals surface area contributed by atoms with Crippen molar-refractivity contribution in [1.29, 1.82) is 0 Å². The van der Waals surface area contributed by atoms with Gasteiger partial charge in [0.25, 0.3) is 10.0 Å². The average molecular weight is 266 g/mol. The molecule has 0 fully saturated rings. The van der Waals surface area contributed by atoms with Gasteiger partial charge in [0.05, 0.1) is 11.4 Å². The van der Waals surface area contributed by atoms with Crippen LogP contribution in [0.25, 0.3) is 0 Å². The van der Waals surface area contributed by atoms with E-state index < -0.39 is 10.0 Å². The zero-order chi connectivity index (χ0) is 13.3. The van der Waals surface area contributed by atoms with Crippen LogP contribution in [0, 0.1) is 13.8 Å². The van der Waals surface area contributed by atoms with Gasteiger partial charge in [0.2, 0.25) is 0 Å². The molecule has 0 saturated heterocycles. The van der Waals surface area contributed by atoms with Crippen molar-refractivity contribution in [2.45, 2.75) is 18.7 Å². The molecule has 0 atom stereocenters. The van der Waals surface area contributed by atoms with Crippen LogP contribution in [0.4, 0.5) is 11.4 Å². The minimum atomic E-state index is -3.63. The number of nitrogens with two attached hydrogens (primary N) is 1. The first-order chi connectivity index (χ1) is 8.40. The van der Waals surface area contributed by atoms with Crippen molar-refractivity contribution in [3.05, 3.63) is 35.7 Å². The molecule has 0 aliphatic heterocycles. The zero-order valence-electron chi connectivity index (χ0n) is 10.1. The second-order valence-corrected chi connectivity index (χ2v) is 5.61. The molecule has 0 amide bonds. The van der Waals surface area contributed by atoms with Crippen LogP contribution in [-0.4, -0.2) is 18.6 Å². The highest BCUT2D eigenvalue weighted by molar-refractivity contribution is 7.92. The third kappa shape index (κ3) is 2.30. The average Bonchev–Trinajstić information content (AvgIpc) is 2.62. The molecule has 0 unspecified atom stereocenters. The van der Waals surface area contributed by atoms with E-state index in [1.807, 2.05) is 0 Å². The van der Waals surface area contributed by atoms with Gasteiger partial charge in [0.1, 0.15) is 4.90 Å². The van der Waals surface area contributed by atoms with Crippen LogP contribution in [0.5, 0.6) is 0 Å². The van der Waals surface area contributed by atoms with Gasteiger partial charge in [-0.1, -0.05) is 0 Å². The van der Waals surface area contributed by atoms with Gasteiger partial charge in [0.15, 0.2) is 0 Å². The third-order valence-electron chi connectivity index (χ3n) is 2.49. The summed E-state index contributed by atoms with van der Waals surface area (Å²) in [7, 11) is -3.63. The number of aromatic amines is 1. The molecule has 18 heavy (non-hydrogen) atoms. The van der Waals surface area contributed by atoms with Gasteiger partial charge >= 0.3 is 0 Å². The Hall–Kier alpha value is -2.02. The van der Waals surface area contributed by atoms with E-state index in [1.165, 1.54) is 0 Å². The number of nitrogens with one attached hydrogen (secondary N) is 2. The molecule has 4 N–H and O–H groups in total. The summed E-state index contributed by atoms with van der Waals surface area (Å²) in [5.74, 6) is 0. The lowest BCUT2D eigenvalue weighted by atomic mass is 10.3. The number of rotatable bonds is 3. The van der Waals surface area contributed by atoms with Gasteiger partial charge in [-0.25, -0.2) is 8.42 Å². The minimum Gasteiger partial charge on any atom is -0.399 e. The summed E-state index contributed by atoms with van der Waals surface area (Å²) in [6.45, 7) is 3.30. The van der Waals surface area contributed by atoms with Crippen molar-refractivity contribution in [3.8, 4) is 0 Å². The zero-order valence-corrected chi connectivity index (χ0v) is 10.9. The molecule has 1 heterocycles. The maximum absolute atomic E-state index is 12.2. The quantitative estimate of drug-likeness (QED) is 0.731. The number of hydrogen-bond acceptors (Lipinski definition) is 4. The van der Waals surface area contributed by atoms with Crippen LogP contribution in [-0.2, 0) is 10.0 Å². The number of benzene rings is 1. The molecule has 2 rings (SSSR count). The standard InChI is InChI=1S/C11H14N4O2S/c1-7-11(8(2)14-13-7)18(16,17)15-10-5-3-9(12)4-6-10/h3-6,15H,12H2,1-2H3,(H,13,14). The third-order valence-corrected chi connectivity index (χ3v) is 4.14. The Kier molecular flexibility index (Phi) is 3.00. The molecule has 6 nitrogen and oxygen atoms in total. The molecule has 96 valence electrons. The summed E-state index contributed by atoms with van der Waals surface area (Å²) < 4.78 is 26.9. The lowest BCUT2D eigenvalue weighted by molar-refractivity contribution is 0.600. The van der Waals surface area contributed by atoms with Gasteiger partial charge in [-0.2, -0.15) is 5.10 Å². The topological polar surface area (TPSA) is 101 Å². The number of nitrogen functional groups attached to an aromatic ring is 1. The van der Waals surface area contributed by atoms with Gasteiger partial charge in [-0.05, 0) is 38.1 Å². The smallest absolute Gasteiger partial charge is 0.265 e. The number of aryl methyl sites for hydroxylation is 2. The van der Waals surface area contributed by atoms with Crippen molar-refractivity contribution in [2.75, 3.05) is 10.5 Å². The molecule has 1 aromatic carbocycles. The summed E-state index contributed by atoms with van der Waals surface area (Å²) >= 11 is 0. The predicted molar refractivity (Wildman–Crippen MR) is 69.7 cm³/mol. The predicted octanol–water partition coefficient (Wildman–Crippen LogP) is 1.41. The number of anilines is 2. The minimum absolute atomic E-state index is 0.180. The van der Waals surface area contributed by atoms with Crippen LogP contribution >= 0.6 is 0 Å². The largest absolute Gasteiger partial charge is 0.399 e. The van der Waals surface area contributed by atoms with E-state index in [4.69, 9.17) is 5.73 Å². The first kappa shape index (κ1) is 12.4. The highest BCUT2D eigenvalue weighted by Gasteiger charge is 2.22. The Bertz CT molecular complexity index is 639. The number of nitrogens with zero attached hydrogens (tertiary/aromatic N) is 1. The molecule has 0 spiro atoms. The summed E-state index contributed by atoms with van der Waals surface area (Å²) in [5, 5.41) is 6.52. The monoisotopic (exact) mass is 266 g/mol. The SMILES string of the molecule is Cc1n[nH]c(C)c1S(=O)(=O)Nc1ccc(N)cc1. The van der Waals surface area contributed by atoms with E-state index >= 15 is 0 Å². The van der Waals surface area contributed by atoms with Crippen molar-refractivity contribution < 1.29 is 8.42 Å². The second kappa shape index (κ2) is 4.34. The van der Waals surface area contributed by atoms with Gasteiger partial charge in [0, 0.05) is 11.4 Å². The van der Waals surface area contributed by atoms with Gasteiger partial charge in [-0.3, -0.25) is 9.82 Å². The maximum atomic E-state index is 12.2. The fourth-order valence-electron chi connectivity index (χ4n) is 1.69. The first-order valence-corrected chi connectivity index (χ1v) is 6.78. The molecular weight excluding hydrogens is 252 g/mol. The van der Waals surface area contributed by atoms with Crippen molar-refractivity contribution in [1.82, 2.24) is 10.2 Å². The van der Waals surface area contributed by atoms with Crippen LogP contribution in [0.2, 0.25) is 0 Å². The van der Waals surface area contributed by atoms with Crippen LogP contribution in [0.3, 0.4) is 0 Å².